The summed E-state index contributed by atoms with van der Waals surface area (Å²) in [6, 6.07) is 0. The quantitative estimate of drug-likeness (QED) is 0.743. The molecule has 0 spiro atoms. The molecule has 16 heavy (non-hydrogen) atoms. The first kappa shape index (κ1) is 17.8. The zero-order chi connectivity index (χ0) is 12.6. The van der Waals surface area contributed by atoms with Gasteiger partial charge in [-0.05, 0) is 13.3 Å². The first-order valence-electron chi connectivity index (χ1n) is 6.43. The predicted molar refractivity (Wildman–Crippen MR) is 67.4 cm³/mol. The van der Waals surface area contributed by atoms with E-state index in [9.17, 15) is 4.79 Å². The van der Waals surface area contributed by atoms with E-state index in [2.05, 4.69) is 4.74 Å². The summed E-state index contributed by atoms with van der Waals surface area (Å²) in [5.74, 6) is -0.211. The summed E-state index contributed by atoms with van der Waals surface area (Å²) in [7, 11) is 0. The molecule has 1 aliphatic rings. The van der Waals surface area contributed by atoms with Crippen molar-refractivity contribution in [2.24, 2.45) is 0 Å². The minimum absolute atomic E-state index is 0.211. The molecule has 98 valence electrons. The lowest BCUT2D eigenvalue weighted by Crippen LogP contribution is -1.95. The number of aliphatic hydroxyl groups excluding tert-OH is 1. The van der Waals surface area contributed by atoms with Crippen molar-refractivity contribution < 1.29 is 14.6 Å². The fourth-order valence-corrected chi connectivity index (χ4v) is 1.26. The van der Waals surface area contributed by atoms with Crippen LogP contribution in [-0.2, 0) is 9.53 Å². The zero-order valence-electron chi connectivity index (χ0n) is 11.1. The highest BCUT2D eigenvalue weighted by atomic mass is 16.5. The molecule has 0 heterocycles. The first-order valence-corrected chi connectivity index (χ1v) is 6.43. The van der Waals surface area contributed by atoms with Gasteiger partial charge in [0.2, 0.25) is 0 Å². The van der Waals surface area contributed by atoms with Gasteiger partial charge in [0.1, 0.15) is 0 Å². The van der Waals surface area contributed by atoms with Gasteiger partial charge in [-0.3, -0.25) is 4.79 Å². The molecule has 0 amide bonds. The molecule has 0 aliphatic heterocycles. The second kappa shape index (κ2) is 16.8. The van der Waals surface area contributed by atoms with Crippen molar-refractivity contribution in [2.45, 2.75) is 65.7 Å². The van der Waals surface area contributed by atoms with Crippen LogP contribution in [-0.4, -0.2) is 24.3 Å². The number of hydrogen-bond acceptors (Lipinski definition) is 3. The predicted octanol–water partition coefficient (Wildman–Crippen LogP) is 3.30. The fraction of sp³-hybridized carbons (Fsp3) is 0.923. The van der Waals surface area contributed by atoms with E-state index < -0.39 is 0 Å². The summed E-state index contributed by atoms with van der Waals surface area (Å²) in [5, 5.41) is 7.88. The van der Waals surface area contributed by atoms with Crippen molar-refractivity contribution in [3.63, 3.8) is 0 Å². The second-order valence-electron chi connectivity index (χ2n) is 3.77. The minimum atomic E-state index is -0.211. The third-order valence-corrected chi connectivity index (χ3v) is 2.07. The highest BCUT2D eigenvalue weighted by molar-refractivity contribution is 5.65. The number of rotatable bonds is 2. The van der Waals surface area contributed by atoms with Gasteiger partial charge in [0.25, 0.3) is 0 Å². The van der Waals surface area contributed by atoms with E-state index in [1.54, 1.807) is 6.92 Å². The Bertz CT molecular complexity index is 118. The first-order chi connectivity index (χ1) is 7.68. The van der Waals surface area contributed by atoms with Crippen LogP contribution in [0.25, 0.3) is 0 Å². The monoisotopic (exact) mass is 232 g/mol. The Labute approximate surface area is 100 Å². The molecule has 0 unspecified atom stereocenters. The Balaban J connectivity index is 0. The summed E-state index contributed by atoms with van der Waals surface area (Å²) in [5.41, 5.74) is 0. The molecule has 1 aliphatic carbocycles. The average molecular weight is 232 g/mol. The molecule has 1 fully saturated rings. The standard InChI is InChI=1S/C6H12.C4H8O2.C3H8O/c1-2-4-6-5-3-1;1-3-6-4(2)5;1-2-3-4/h1-6H2;3H2,1-2H3;4H,2-3H2,1H3. The van der Waals surface area contributed by atoms with Gasteiger partial charge in [-0.2, -0.15) is 0 Å². The molecule has 0 atom stereocenters. The van der Waals surface area contributed by atoms with Gasteiger partial charge in [0.15, 0.2) is 0 Å². The second-order valence-corrected chi connectivity index (χ2v) is 3.77. The number of ether oxygens (including phenoxy) is 1. The number of esters is 1. The molecule has 1 rings (SSSR count). The summed E-state index contributed by atoms with van der Waals surface area (Å²) in [6.07, 6.45) is 9.88. The SMILES string of the molecule is C1CCCCC1.CCCO.CCOC(C)=O. The molecule has 0 radical (unpaired) electrons. The van der Waals surface area contributed by atoms with Crippen molar-refractivity contribution in [1.29, 1.82) is 0 Å². The Morgan fingerprint density at radius 1 is 1.06 bits per heavy atom. The van der Waals surface area contributed by atoms with E-state index in [0.717, 1.165) is 6.42 Å². The van der Waals surface area contributed by atoms with E-state index >= 15 is 0 Å². The molecule has 0 aromatic rings. The topological polar surface area (TPSA) is 46.5 Å². The lowest BCUT2D eigenvalue weighted by molar-refractivity contribution is -0.140. The van der Waals surface area contributed by atoms with Crippen LogP contribution in [0.5, 0.6) is 0 Å². The maximum Gasteiger partial charge on any atom is 0.302 e. The third kappa shape index (κ3) is 23.3. The Morgan fingerprint density at radius 3 is 1.44 bits per heavy atom. The molecule has 0 bridgehead atoms. The van der Waals surface area contributed by atoms with Gasteiger partial charge in [-0.25, -0.2) is 0 Å². The molecule has 0 saturated heterocycles. The molecular formula is C13H28O3. The average Bonchev–Trinajstić information content (AvgIpc) is 2.32. The van der Waals surface area contributed by atoms with Crippen LogP contribution in [0.1, 0.15) is 65.7 Å². The Hall–Kier alpha value is -0.570. The maximum atomic E-state index is 9.82. The Kier molecular flexibility index (Phi) is 18.8. The van der Waals surface area contributed by atoms with E-state index in [1.165, 1.54) is 45.4 Å². The summed E-state index contributed by atoms with van der Waals surface area (Å²) >= 11 is 0. The van der Waals surface area contributed by atoms with Crippen molar-refractivity contribution >= 4 is 5.97 Å². The normalized spacial score (nSPS) is 13.8. The van der Waals surface area contributed by atoms with Gasteiger partial charge in [-0.15, -0.1) is 0 Å². The van der Waals surface area contributed by atoms with Gasteiger partial charge < -0.3 is 9.84 Å². The third-order valence-electron chi connectivity index (χ3n) is 2.07. The lowest BCUT2D eigenvalue weighted by atomic mass is 10.0. The van der Waals surface area contributed by atoms with Crippen LogP contribution >= 0.6 is 0 Å². The smallest absolute Gasteiger partial charge is 0.302 e. The summed E-state index contributed by atoms with van der Waals surface area (Å²) in [6.45, 7) is 5.90. The molecule has 0 aromatic heterocycles. The van der Waals surface area contributed by atoms with Crippen LogP contribution in [0.2, 0.25) is 0 Å². The van der Waals surface area contributed by atoms with E-state index in [0.29, 0.717) is 13.2 Å². The molecule has 3 nitrogen and oxygen atoms in total. The van der Waals surface area contributed by atoms with Gasteiger partial charge in [0.05, 0.1) is 6.61 Å². The van der Waals surface area contributed by atoms with Gasteiger partial charge >= 0.3 is 5.97 Å². The van der Waals surface area contributed by atoms with Crippen LogP contribution in [0.15, 0.2) is 0 Å². The molecular weight excluding hydrogens is 204 g/mol. The lowest BCUT2D eigenvalue weighted by Gasteiger charge is -2.05. The Morgan fingerprint density at radius 2 is 1.38 bits per heavy atom. The van der Waals surface area contributed by atoms with Crippen LogP contribution in [0.4, 0.5) is 0 Å². The number of aliphatic hydroxyl groups is 1. The summed E-state index contributed by atoms with van der Waals surface area (Å²) in [4.78, 5) is 9.82. The van der Waals surface area contributed by atoms with Crippen LogP contribution in [0, 0.1) is 0 Å². The van der Waals surface area contributed by atoms with Crippen molar-refractivity contribution in [1.82, 2.24) is 0 Å². The molecule has 1 N–H and O–H groups in total. The minimum Gasteiger partial charge on any atom is -0.466 e. The van der Waals surface area contributed by atoms with E-state index in [-0.39, 0.29) is 5.97 Å². The number of carbonyl (C=O) groups is 1. The highest BCUT2D eigenvalue weighted by Gasteiger charge is 1.95. The number of hydrogen-bond donors (Lipinski definition) is 1. The van der Waals surface area contributed by atoms with Crippen molar-refractivity contribution in [3.8, 4) is 0 Å². The highest BCUT2D eigenvalue weighted by Crippen LogP contribution is 2.15. The fourth-order valence-electron chi connectivity index (χ4n) is 1.26. The molecule has 0 aromatic carbocycles. The van der Waals surface area contributed by atoms with Gasteiger partial charge in [-0.1, -0.05) is 45.4 Å². The van der Waals surface area contributed by atoms with E-state index in [1.807, 2.05) is 6.92 Å². The number of carbonyl (C=O) groups excluding carboxylic acids is 1. The van der Waals surface area contributed by atoms with Crippen molar-refractivity contribution in [2.75, 3.05) is 13.2 Å². The molecule has 3 heteroatoms. The van der Waals surface area contributed by atoms with E-state index in [4.69, 9.17) is 5.11 Å². The van der Waals surface area contributed by atoms with Gasteiger partial charge in [0, 0.05) is 13.5 Å². The molecule has 1 saturated carbocycles. The summed E-state index contributed by atoms with van der Waals surface area (Å²) < 4.78 is 4.40. The maximum absolute atomic E-state index is 9.82. The largest absolute Gasteiger partial charge is 0.466 e. The zero-order valence-corrected chi connectivity index (χ0v) is 11.1. The van der Waals surface area contributed by atoms with Crippen LogP contribution in [0.3, 0.4) is 0 Å². The van der Waals surface area contributed by atoms with Crippen molar-refractivity contribution in [3.05, 3.63) is 0 Å². The van der Waals surface area contributed by atoms with Crippen LogP contribution < -0.4 is 0 Å².